The topological polar surface area (TPSA) is 12.5 Å². The number of hydrogen-bond donors (Lipinski definition) is 0. The number of rotatable bonds is 8. The summed E-state index contributed by atoms with van der Waals surface area (Å²) in [5, 5.41) is 9.70. The van der Waals surface area contributed by atoms with Gasteiger partial charge in [0.15, 0.2) is 13.8 Å². The van der Waals surface area contributed by atoms with E-state index in [1.807, 2.05) is 36.4 Å². The Morgan fingerprint density at radius 2 is 0.931 bits per heavy atom. The minimum atomic E-state index is -2.85. The third-order valence-corrected chi connectivity index (χ3v) is 16.1. The molecule has 0 aliphatic rings. The van der Waals surface area contributed by atoms with Crippen molar-refractivity contribution in [1.29, 1.82) is 0 Å². The lowest BCUT2D eigenvalue weighted by Crippen LogP contribution is -2.74. The van der Waals surface area contributed by atoms with Gasteiger partial charge in [0, 0.05) is 33.5 Å². The highest BCUT2D eigenvalue weighted by Crippen LogP contribution is 2.41. The van der Waals surface area contributed by atoms with E-state index in [1.54, 1.807) is 0 Å². The molecule has 0 radical (unpaired) electrons. The Morgan fingerprint density at radius 1 is 0.431 bits per heavy atom. The molecule has 1 aromatic heterocycles. The third-order valence-electron chi connectivity index (χ3n) is 11.4. The van der Waals surface area contributed by atoms with E-state index in [1.165, 1.54) is 38.3 Å². The van der Waals surface area contributed by atoms with Gasteiger partial charge in [-0.1, -0.05) is 146 Å². The molecule has 3 nitrogen and oxygen atoms in total. The van der Waals surface area contributed by atoms with Gasteiger partial charge < -0.3 is 9.47 Å². The number of benzene rings is 9. The quantitative estimate of drug-likeness (QED) is 0.0853. The van der Waals surface area contributed by atoms with Gasteiger partial charge in [-0.2, -0.15) is 0 Å². The fourth-order valence-corrected chi connectivity index (χ4v) is 13.5. The summed E-state index contributed by atoms with van der Waals surface area (Å²) in [6, 6.07) is 76.1. The van der Waals surface area contributed by atoms with E-state index >= 15 is 0 Å². The maximum atomic E-state index is 14.4. The lowest BCUT2D eigenvalue weighted by atomic mass is 10.1. The van der Waals surface area contributed by atoms with Crippen LogP contribution < -0.4 is 25.6 Å². The van der Waals surface area contributed by atoms with Gasteiger partial charge in [-0.05, 0) is 104 Å². The summed E-state index contributed by atoms with van der Waals surface area (Å²) in [7, 11) is -2.85. The molecule has 0 saturated heterocycles. The zero-order chi connectivity index (χ0) is 39.1. The fourth-order valence-electron chi connectivity index (χ4n) is 8.76. The van der Waals surface area contributed by atoms with Crippen molar-refractivity contribution >= 4 is 84.1 Å². The van der Waals surface area contributed by atoms with E-state index in [9.17, 15) is 4.39 Å². The molecule has 1 heterocycles. The molecular weight excluding hydrogens is 726 g/mol. The van der Waals surface area contributed by atoms with Crippen LogP contribution in [0, 0.1) is 12.4 Å². The average molecular weight is 762 g/mol. The van der Waals surface area contributed by atoms with E-state index in [4.69, 9.17) is 6.57 Å². The van der Waals surface area contributed by atoms with Crippen LogP contribution in [-0.2, 0) is 0 Å². The standard InChI is InChI=1S/C53H36FN3Si/c1-55-41-24-29-42(30-25-41)56(44-26-21-38-13-11-12-14-39(38)35-44)45-31-33-52-50(36-45)51-37-49(32-34-53(51)57(52)43-27-22-40(54)23-28-43)58(46-15-5-2-6-16-46,47-17-7-3-8-18-47)48-19-9-4-10-20-48/h2-37H. The number of aromatic nitrogens is 1. The van der Waals surface area contributed by atoms with Gasteiger partial charge in [0.05, 0.1) is 17.6 Å². The van der Waals surface area contributed by atoms with Crippen LogP contribution in [0.4, 0.5) is 27.1 Å². The zero-order valence-corrected chi connectivity index (χ0v) is 32.5. The second-order valence-electron chi connectivity index (χ2n) is 14.6. The van der Waals surface area contributed by atoms with Crippen LogP contribution in [0.5, 0.6) is 0 Å². The monoisotopic (exact) mass is 761 g/mol. The van der Waals surface area contributed by atoms with Gasteiger partial charge in [0.1, 0.15) is 5.82 Å². The molecule has 10 aromatic rings. The first-order valence-corrected chi connectivity index (χ1v) is 21.4. The van der Waals surface area contributed by atoms with Crippen LogP contribution in [-0.4, -0.2) is 12.6 Å². The Morgan fingerprint density at radius 3 is 1.53 bits per heavy atom. The van der Waals surface area contributed by atoms with Crippen molar-refractivity contribution in [2.24, 2.45) is 0 Å². The normalized spacial score (nSPS) is 11.5. The summed E-state index contributed by atoms with van der Waals surface area (Å²) in [6.45, 7) is 7.61. The number of nitrogens with zero attached hydrogens (tertiary/aromatic N) is 3. The molecule has 0 aliphatic carbocycles. The van der Waals surface area contributed by atoms with Crippen LogP contribution in [0.1, 0.15) is 0 Å². The van der Waals surface area contributed by atoms with Crippen LogP contribution in [0.15, 0.2) is 218 Å². The second kappa shape index (κ2) is 14.5. The van der Waals surface area contributed by atoms with Gasteiger partial charge in [-0.15, -0.1) is 0 Å². The SMILES string of the molecule is [C-]#[N+]c1ccc(N(c2ccc3ccccc3c2)c2ccc3c(c2)c2cc([Si](c4ccccc4)(c4ccccc4)c4ccccc4)ccc2n3-c2ccc(F)cc2)cc1. The predicted molar refractivity (Wildman–Crippen MR) is 243 cm³/mol. The first-order chi connectivity index (χ1) is 28.6. The van der Waals surface area contributed by atoms with Crippen molar-refractivity contribution < 1.29 is 4.39 Å². The highest BCUT2D eigenvalue weighted by atomic mass is 28.3. The molecule has 58 heavy (non-hydrogen) atoms. The van der Waals surface area contributed by atoms with E-state index in [2.05, 4.69) is 184 Å². The van der Waals surface area contributed by atoms with Crippen LogP contribution in [0.3, 0.4) is 0 Å². The summed E-state index contributed by atoms with van der Waals surface area (Å²) in [6.07, 6.45) is 0. The Labute approximate surface area is 338 Å². The Hall–Kier alpha value is -7.52. The molecule has 0 bridgehead atoms. The molecule has 274 valence electrons. The van der Waals surface area contributed by atoms with Gasteiger partial charge >= 0.3 is 0 Å². The molecule has 10 rings (SSSR count). The van der Waals surface area contributed by atoms with Gasteiger partial charge in [0.2, 0.25) is 0 Å². The minimum Gasteiger partial charge on any atom is -0.311 e. The predicted octanol–water partition coefficient (Wildman–Crippen LogP) is 11.5. The first-order valence-electron chi connectivity index (χ1n) is 19.4. The smallest absolute Gasteiger partial charge is 0.187 e. The van der Waals surface area contributed by atoms with Crippen molar-refractivity contribution in [3.63, 3.8) is 0 Å². The first kappa shape index (κ1) is 34.9. The van der Waals surface area contributed by atoms with Crippen LogP contribution in [0.2, 0.25) is 0 Å². The number of anilines is 3. The lowest BCUT2D eigenvalue weighted by molar-refractivity contribution is 0.627. The number of halogens is 1. The molecule has 0 spiro atoms. The second-order valence-corrected chi connectivity index (χ2v) is 18.4. The van der Waals surface area contributed by atoms with Crippen molar-refractivity contribution in [3.05, 3.63) is 236 Å². The molecule has 0 saturated carbocycles. The highest BCUT2D eigenvalue weighted by Gasteiger charge is 2.41. The van der Waals surface area contributed by atoms with Crippen LogP contribution in [0.25, 0.3) is 43.1 Å². The van der Waals surface area contributed by atoms with Gasteiger partial charge in [0.25, 0.3) is 0 Å². The van der Waals surface area contributed by atoms with E-state index in [0.29, 0.717) is 5.69 Å². The third kappa shape index (κ3) is 5.87. The van der Waals surface area contributed by atoms with Crippen molar-refractivity contribution in [1.82, 2.24) is 4.57 Å². The molecule has 0 unspecified atom stereocenters. The summed E-state index contributed by atoms with van der Waals surface area (Å²) < 4.78 is 16.7. The number of fused-ring (bicyclic) bond motifs is 4. The molecule has 0 N–H and O–H groups in total. The van der Waals surface area contributed by atoms with E-state index in [0.717, 1.165) is 49.9 Å². The van der Waals surface area contributed by atoms with E-state index in [-0.39, 0.29) is 5.82 Å². The van der Waals surface area contributed by atoms with Crippen LogP contribution >= 0.6 is 0 Å². The molecule has 0 aliphatic heterocycles. The summed E-state index contributed by atoms with van der Waals surface area (Å²) >= 11 is 0. The minimum absolute atomic E-state index is 0.270. The largest absolute Gasteiger partial charge is 0.311 e. The van der Waals surface area contributed by atoms with Gasteiger partial charge in [-0.3, -0.25) is 0 Å². The van der Waals surface area contributed by atoms with Crippen molar-refractivity contribution in [3.8, 4) is 5.69 Å². The Kier molecular flexibility index (Phi) is 8.75. The van der Waals surface area contributed by atoms with E-state index < -0.39 is 8.07 Å². The fraction of sp³-hybridized carbons (Fsp3) is 0. The lowest BCUT2D eigenvalue weighted by Gasteiger charge is -2.34. The molecule has 5 heteroatoms. The Bertz CT molecular complexity index is 3020. The average Bonchev–Trinajstić information content (AvgIpc) is 3.61. The maximum absolute atomic E-state index is 14.4. The number of hydrogen-bond acceptors (Lipinski definition) is 1. The summed E-state index contributed by atoms with van der Waals surface area (Å²) in [5.41, 5.74) is 6.50. The van der Waals surface area contributed by atoms with Crippen molar-refractivity contribution in [2.75, 3.05) is 4.90 Å². The molecule has 0 fully saturated rings. The highest BCUT2D eigenvalue weighted by molar-refractivity contribution is 7.20. The van der Waals surface area contributed by atoms with Gasteiger partial charge in [-0.25, -0.2) is 9.24 Å². The molecule has 9 aromatic carbocycles. The summed E-state index contributed by atoms with van der Waals surface area (Å²) in [4.78, 5) is 5.94. The van der Waals surface area contributed by atoms with Crippen molar-refractivity contribution in [2.45, 2.75) is 0 Å². The molecular formula is C53H36FN3Si. The molecule has 0 atom stereocenters. The zero-order valence-electron chi connectivity index (χ0n) is 31.5. The maximum Gasteiger partial charge on any atom is 0.187 e. The molecule has 0 amide bonds. The summed E-state index contributed by atoms with van der Waals surface area (Å²) in [5.74, 6) is -0.270. The Balaban J connectivity index is 1.28.